The fourth-order valence-corrected chi connectivity index (χ4v) is 5.29. The van der Waals surface area contributed by atoms with Gasteiger partial charge in [-0.15, -0.1) is 0 Å². The average Bonchev–Trinajstić information content (AvgIpc) is 3.14. The number of nitrogens with two attached hydrogens (primary N) is 1. The van der Waals surface area contributed by atoms with Crippen molar-refractivity contribution in [1.82, 2.24) is 19.5 Å². The van der Waals surface area contributed by atoms with Crippen molar-refractivity contribution in [3.63, 3.8) is 0 Å². The standard InChI is InChI=1S/C25H26FN5O/c1-14(25-30-22-13-29-21(24(27)32)12-23(22)31(25)2)15-3-5-16(6-4-15)18-9-10-28-20-8-7-17(26)11-19(18)20/h7-16H,3-6H2,1-2H3,(H2,27,32)/t14-,15?,16?/m1/s1. The fraction of sp³-hybridized carbons (Fsp3) is 0.360. The highest BCUT2D eigenvalue weighted by molar-refractivity contribution is 5.94. The molecule has 0 unspecified atom stereocenters. The van der Waals surface area contributed by atoms with Crippen molar-refractivity contribution in [2.75, 3.05) is 0 Å². The normalized spacial score (nSPS) is 20.0. The van der Waals surface area contributed by atoms with Gasteiger partial charge in [0.1, 0.15) is 22.9 Å². The number of imidazole rings is 1. The van der Waals surface area contributed by atoms with E-state index in [-0.39, 0.29) is 17.4 Å². The number of primary amides is 1. The summed E-state index contributed by atoms with van der Waals surface area (Å²) in [7, 11) is 1.98. The summed E-state index contributed by atoms with van der Waals surface area (Å²) in [6, 6.07) is 8.60. The number of carbonyl (C=O) groups excluding carboxylic acids is 1. The van der Waals surface area contributed by atoms with Crippen LogP contribution >= 0.6 is 0 Å². The number of hydrogen-bond acceptors (Lipinski definition) is 4. The van der Waals surface area contributed by atoms with Gasteiger partial charge in [0.2, 0.25) is 0 Å². The van der Waals surface area contributed by atoms with Crippen LogP contribution < -0.4 is 5.73 Å². The van der Waals surface area contributed by atoms with E-state index in [1.807, 2.05) is 19.3 Å². The van der Waals surface area contributed by atoms with Gasteiger partial charge in [-0.1, -0.05) is 6.92 Å². The second kappa shape index (κ2) is 7.97. The van der Waals surface area contributed by atoms with Crippen LogP contribution in [0.4, 0.5) is 4.39 Å². The van der Waals surface area contributed by atoms with Gasteiger partial charge in [0.25, 0.3) is 5.91 Å². The minimum Gasteiger partial charge on any atom is -0.364 e. The van der Waals surface area contributed by atoms with Crippen LogP contribution in [0.1, 0.15) is 66.3 Å². The first-order valence-corrected chi connectivity index (χ1v) is 11.1. The van der Waals surface area contributed by atoms with Gasteiger partial charge in [-0.05, 0) is 73.4 Å². The zero-order valence-corrected chi connectivity index (χ0v) is 18.3. The topological polar surface area (TPSA) is 86.7 Å². The van der Waals surface area contributed by atoms with E-state index in [0.717, 1.165) is 53.4 Å². The number of aryl methyl sites for hydroxylation is 1. The van der Waals surface area contributed by atoms with Crippen LogP contribution in [0.5, 0.6) is 0 Å². The molecule has 1 saturated carbocycles. The molecule has 0 bridgehead atoms. The highest BCUT2D eigenvalue weighted by Crippen LogP contribution is 2.43. The van der Waals surface area contributed by atoms with Crippen LogP contribution in [0, 0.1) is 11.7 Å². The maximum absolute atomic E-state index is 13.9. The Hall–Kier alpha value is -3.35. The minimum absolute atomic E-state index is 0.218. The molecule has 32 heavy (non-hydrogen) atoms. The van der Waals surface area contributed by atoms with Crippen molar-refractivity contribution in [2.45, 2.75) is 44.4 Å². The van der Waals surface area contributed by atoms with Gasteiger partial charge in [0.05, 0.1) is 17.2 Å². The van der Waals surface area contributed by atoms with Crippen molar-refractivity contribution in [1.29, 1.82) is 0 Å². The Morgan fingerprint density at radius 3 is 2.66 bits per heavy atom. The van der Waals surface area contributed by atoms with Gasteiger partial charge < -0.3 is 10.3 Å². The van der Waals surface area contributed by atoms with Crippen LogP contribution in [-0.4, -0.2) is 25.4 Å². The monoisotopic (exact) mass is 431 g/mol. The van der Waals surface area contributed by atoms with Crippen LogP contribution in [-0.2, 0) is 7.05 Å². The summed E-state index contributed by atoms with van der Waals surface area (Å²) in [4.78, 5) is 24.8. The molecule has 7 heteroatoms. The number of pyridine rings is 2. The summed E-state index contributed by atoms with van der Waals surface area (Å²) >= 11 is 0. The summed E-state index contributed by atoms with van der Waals surface area (Å²) in [6.45, 7) is 2.23. The maximum Gasteiger partial charge on any atom is 0.267 e. The Labute approximate surface area is 185 Å². The van der Waals surface area contributed by atoms with E-state index in [9.17, 15) is 9.18 Å². The molecule has 3 aromatic heterocycles. The van der Waals surface area contributed by atoms with E-state index in [1.165, 1.54) is 11.6 Å². The van der Waals surface area contributed by atoms with E-state index in [0.29, 0.717) is 11.8 Å². The lowest BCUT2D eigenvalue weighted by molar-refractivity contribution is 0.0995. The number of fused-ring (bicyclic) bond motifs is 2. The quantitative estimate of drug-likeness (QED) is 0.501. The summed E-state index contributed by atoms with van der Waals surface area (Å²) < 4.78 is 15.9. The van der Waals surface area contributed by atoms with E-state index in [2.05, 4.69) is 21.5 Å². The molecule has 4 aromatic rings. The van der Waals surface area contributed by atoms with Crippen molar-refractivity contribution in [3.05, 3.63) is 65.6 Å². The molecule has 164 valence electrons. The van der Waals surface area contributed by atoms with Crippen LogP contribution in [0.25, 0.3) is 21.9 Å². The predicted molar refractivity (Wildman–Crippen MR) is 122 cm³/mol. The Kier molecular flexibility index (Phi) is 5.12. The highest BCUT2D eigenvalue weighted by Gasteiger charge is 2.30. The summed E-state index contributed by atoms with van der Waals surface area (Å²) in [6.07, 6.45) is 7.73. The molecule has 1 aliphatic rings. The Balaban J connectivity index is 1.36. The summed E-state index contributed by atoms with van der Waals surface area (Å²) in [5.41, 5.74) is 9.34. The smallest absolute Gasteiger partial charge is 0.267 e. The first kappa shape index (κ1) is 20.5. The molecule has 2 N–H and O–H groups in total. The summed E-state index contributed by atoms with van der Waals surface area (Å²) in [5, 5.41) is 0.928. The number of halogens is 1. The predicted octanol–water partition coefficient (Wildman–Crippen LogP) is 4.83. The molecule has 0 spiro atoms. The lowest BCUT2D eigenvalue weighted by Crippen LogP contribution is -2.20. The van der Waals surface area contributed by atoms with E-state index in [4.69, 9.17) is 10.7 Å². The Morgan fingerprint density at radius 1 is 1.12 bits per heavy atom. The van der Waals surface area contributed by atoms with Gasteiger partial charge in [0, 0.05) is 24.5 Å². The zero-order chi connectivity index (χ0) is 22.4. The number of aromatic nitrogens is 4. The third-order valence-corrected chi connectivity index (χ3v) is 7.12. The Bertz CT molecular complexity index is 1320. The molecule has 6 nitrogen and oxygen atoms in total. The third kappa shape index (κ3) is 3.51. The molecule has 0 aliphatic heterocycles. The third-order valence-electron chi connectivity index (χ3n) is 7.12. The fourth-order valence-electron chi connectivity index (χ4n) is 5.29. The van der Waals surface area contributed by atoms with Gasteiger partial charge in [-0.3, -0.25) is 9.78 Å². The van der Waals surface area contributed by atoms with E-state index < -0.39 is 5.91 Å². The molecule has 0 saturated heterocycles. The van der Waals surface area contributed by atoms with Crippen molar-refractivity contribution >= 4 is 27.8 Å². The van der Waals surface area contributed by atoms with Crippen LogP contribution in [0.15, 0.2) is 42.7 Å². The van der Waals surface area contributed by atoms with Gasteiger partial charge in [0.15, 0.2) is 0 Å². The first-order chi connectivity index (χ1) is 15.4. The largest absolute Gasteiger partial charge is 0.364 e. The van der Waals surface area contributed by atoms with Gasteiger partial charge in [-0.2, -0.15) is 0 Å². The van der Waals surface area contributed by atoms with Gasteiger partial charge >= 0.3 is 0 Å². The molecular weight excluding hydrogens is 405 g/mol. The number of hydrogen-bond donors (Lipinski definition) is 1. The average molecular weight is 432 g/mol. The molecule has 5 rings (SSSR count). The van der Waals surface area contributed by atoms with Crippen molar-refractivity contribution < 1.29 is 9.18 Å². The second-order valence-electron chi connectivity index (χ2n) is 8.91. The molecule has 1 aromatic carbocycles. The van der Waals surface area contributed by atoms with Crippen molar-refractivity contribution in [3.8, 4) is 0 Å². The molecule has 1 atom stereocenters. The van der Waals surface area contributed by atoms with Crippen LogP contribution in [0.2, 0.25) is 0 Å². The molecule has 3 heterocycles. The molecule has 1 fully saturated rings. The number of nitrogens with zero attached hydrogens (tertiary/aromatic N) is 4. The second-order valence-corrected chi connectivity index (χ2v) is 8.91. The SMILES string of the molecule is C[C@@H](c1nc2cnc(C(N)=O)cc2n1C)C1CCC(c2ccnc3ccc(F)cc23)CC1. The lowest BCUT2D eigenvalue weighted by Gasteiger charge is -2.32. The Morgan fingerprint density at radius 2 is 1.91 bits per heavy atom. The van der Waals surface area contributed by atoms with E-state index >= 15 is 0 Å². The molecule has 1 amide bonds. The molecule has 1 aliphatic carbocycles. The zero-order valence-electron chi connectivity index (χ0n) is 18.3. The van der Waals surface area contributed by atoms with Crippen LogP contribution in [0.3, 0.4) is 0 Å². The highest BCUT2D eigenvalue weighted by atomic mass is 19.1. The molecule has 0 radical (unpaired) electrons. The lowest BCUT2D eigenvalue weighted by atomic mass is 9.73. The maximum atomic E-state index is 13.9. The number of rotatable bonds is 4. The number of amides is 1. The molecular formula is C25H26FN5O. The number of benzene rings is 1. The minimum atomic E-state index is -0.537. The van der Waals surface area contributed by atoms with E-state index in [1.54, 1.807) is 24.4 Å². The van der Waals surface area contributed by atoms with Gasteiger partial charge in [-0.25, -0.2) is 14.4 Å². The number of carbonyl (C=O) groups is 1. The summed E-state index contributed by atoms with van der Waals surface area (Å²) in [5.74, 6) is 1.44. The van der Waals surface area contributed by atoms with Crippen molar-refractivity contribution in [2.24, 2.45) is 18.7 Å². The first-order valence-electron chi connectivity index (χ1n) is 11.1.